The van der Waals surface area contributed by atoms with Gasteiger partial charge in [0, 0.05) is 6.54 Å². The Morgan fingerprint density at radius 2 is 1.48 bits per heavy atom. The van der Waals surface area contributed by atoms with Crippen LogP contribution in [0.25, 0.3) is 0 Å². The summed E-state index contributed by atoms with van der Waals surface area (Å²) in [6.45, 7) is 2.25. The topological polar surface area (TPSA) is 12.0 Å². The molecule has 0 radical (unpaired) electrons. The highest BCUT2D eigenvalue weighted by atomic mass is 35.5. The second-order valence-corrected chi connectivity index (χ2v) is 7.55. The Bertz CT molecular complexity index is 416. The Hall–Kier alpha value is -0.530. The maximum atomic E-state index is 3.66. The molecule has 0 aromatic heterocycles. The van der Waals surface area contributed by atoms with Crippen molar-refractivity contribution in [2.45, 2.75) is 45.1 Å². The normalized spacial score (nSPS) is 36.5. The van der Waals surface area contributed by atoms with Crippen LogP contribution in [0, 0.1) is 29.6 Å². The molecule has 0 aliphatic heterocycles. The summed E-state index contributed by atoms with van der Waals surface area (Å²) in [4.78, 5) is 0. The zero-order valence-corrected chi connectivity index (χ0v) is 13.7. The van der Waals surface area contributed by atoms with E-state index in [4.69, 9.17) is 0 Å². The molecule has 0 saturated heterocycles. The van der Waals surface area contributed by atoms with Crippen molar-refractivity contribution < 1.29 is 0 Å². The third-order valence-electron chi connectivity index (χ3n) is 6.25. The third kappa shape index (κ3) is 3.29. The number of benzene rings is 1. The van der Waals surface area contributed by atoms with E-state index in [1.165, 1.54) is 18.5 Å². The molecule has 0 atom stereocenters. The molecule has 4 saturated carbocycles. The van der Waals surface area contributed by atoms with E-state index in [0.717, 1.165) is 36.1 Å². The lowest BCUT2D eigenvalue weighted by atomic mass is 9.51. The summed E-state index contributed by atoms with van der Waals surface area (Å²) in [7, 11) is 0. The zero-order chi connectivity index (χ0) is 13.4. The Morgan fingerprint density at radius 3 is 2.10 bits per heavy atom. The van der Waals surface area contributed by atoms with Crippen LogP contribution in [0.2, 0.25) is 0 Å². The van der Waals surface area contributed by atoms with Gasteiger partial charge in [-0.05, 0) is 80.2 Å². The lowest BCUT2D eigenvalue weighted by molar-refractivity contribution is -0.0393. The molecule has 0 unspecified atom stereocenters. The second kappa shape index (κ2) is 6.71. The molecule has 2 heteroatoms. The van der Waals surface area contributed by atoms with Crippen LogP contribution in [-0.4, -0.2) is 6.54 Å². The van der Waals surface area contributed by atoms with E-state index in [9.17, 15) is 0 Å². The first-order valence-electron chi connectivity index (χ1n) is 8.63. The monoisotopic (exact) mass is 305 g/mol. The van der Waals surface area contributed by atoms with Gasteiger partial charge in [-0.3, -0.25) is 0 Å². The van der Waals surface area contributed by atoms with E-state index in [1.807, 2.05) is 0 Å². The first kappa shape index (κ1) is 15.4. The highest BCUT2D eigenvalue weighted by Gasteiger charge is 2.47. The molecule has 4 aliphatic rings. The average molecular weight is 306 g/mol. The Kier molecular flexibility index (Phi) is 4.91. The maximum absolute atomic E-state index is 3.66. The van der Waals surface area contributed by atoms with Gasteiger partial charge in [0.25, 0.3) is 0 Å². The molecular weight excluding hydrogens is 278 g/mol. The molecule has 1 nitrogen and oxygen atoms in total. The lowest BCUT2D eigenvalue weighted by Crippen LogP contribution is -2.45. The Morgan fingerprint density at radius 1 is 0.857 bits per heavy atom. The largest absolute Gasteiger partial charge is 0.313 e. The molecule has 21 heavy (non-hydrogen) atoms. The average Bonchev–Trinajstić information content (AvgIpc) is 2.46. The van der Waals surface area contributed by atoms with Crippen LogP contribution in [0.1, 0.15) is 44.1 Å². The van der Waals surface area contributed by atoms with E-state index in [0.29, 0.717) is 0 Å². The van der Waals surface area contributed by atoms with Crippen LogP contribution in [0.4, 0.5) is 0 Å². The SMILES string of the molecule is Cl.c1ccc(CNCCC2C3CC4CC(C3)CC2C4)cc1. The minimum absolute atomic E-state index is 0. The summed E-state index contributed by atoms with van der Waals surface area (Å²) in [6, 6.07) is 10.8. The smallest absolute Gasteiger partial charge is 0.0205 e. The molecule has 5 rings (SSSR count). The summed E-state index contributed by atoms with van der Waals surface area (Å²) in [5, 5.41) is 3.66. The first-order valence-corrected chi connectivity index (χ1v) is 8.63. The van der Waals surface area contributed by atoms with Crippen molar-refractivity contribution in [1.82, 2.24) is 5.32 Å². The fourth-order valence-corrected chi connectivity index (χ4v) is 5.61. The minimum atomic E-state index is 0. The van der Waals surface area contributed by atoms with Crippen LogP contribution in [0.3, 0.4) is 0 Å². The molecule has 4 bridgehead atoms. The van der Waals surface area contributed by atoms with E-state index in [2.05, 4.69) is 35.6 Å². The third-order valence-corrected chi connectivity index (χ3v) is 6.25. The van der Waals surface area contributed by atoms with Crippen molar-refractivity contribution in [2.24, 2.45) is 29.6 Å². The van der Waals surface area contributed by atoms with Crippen molar-refractivity contribution in [2.75, 3.05) is 6.54 Å². The van der Waals surface area contributed by atoms with Gasteiger partial charge < -0.3 is 5.32 Å². The molecule has 116 valence electrons. The van der Waals surface area contributed by atoms with E-state index in [-0.39, 0.29) is 12.4 Å². The quantitative estimate of drug-likeness (QED) is 0.780. The van der Waals surface area contributed by atoms with Gasteiger partial charge in [0.05, 0.1) is 0 Å². The molecule has 0 heterocycles. The van der Waals surface area contributed by atoms with Crippen molar-refractivity contribution in [3.8, 4) is 0 Å². The van der Waals surface area contributed by atoms with Gasteiger partial charge in [-0.2, -0.15) is 0 Å². The van der Waals surface area contributed by atoms with Gasteiger partial charge in [0.15, 0.2) is 0 Å². The van der Waals surface area contributed by atoms with Crippen LogP contribution in [0.15, 0.2) is 30.3 Å². The molecule has 0 spiro atoms. The number of halogens is 1. The maximum Gasteiger partial charge on any atom is 0.0205 e. The number of hydrogen-bond acceptors (Lipinski definition) is 1. The summed E-state index contributed by atoms with van der Waals surface area (Å²) in [6.07, 6.45) is 9.26. The van der Waals surface area contributed by atoms with Gasteiger partial charge in [0.2, 0.25) is 0 Å². The second-order valence-electron chi connectivity index (χ2n) is 7.55. The van der Waals surface area contributed by atoms with Crippen molar-refractivity contribution in [3.05, 3.63) is 35.9 Å². The highest BCUT2D eigenvalue weighted by Crippen LogP contribution is 2.57. The predicted octanol–water partition coefficient (Wildman–Crippen LogP) is 4.66. The van der Waals surface area contributed by atoms with Crippen LogP contribution in [0.5, 0.6) is 0 Å². The fourth-order valence-electron chi connectivity index (χ4n) is 5.61. The number of hydrogen-bond donors (Lipinski definition) is 1. The van der Waals surface area contributed by atoms with E-state index < -0.39 is 0 Å². The summed E-state index contributed by atoms with van der Waals surface area (Å²) in [5.74, 6) is 5.46. The molecule has 1 N–H and O–H groups in total. The molecule has 0 amide bonds. The lowest BCUT2D eigenvalue weighted by Gasteiger charge is -2.54. The van der Waals surface area contributed by atoms with Crippen molar-refractivity contribution in [1.29, 1.82) is 0 Å². The van der Waals surface area contributed by atoms with Gasteiger partial charge in [-0.25, -0.2) is 0 Å². The first-order chi connectivity index (χ1) is 9.88. The summed E-state index contributed by atoms with van der Waals surface area (Å²) in [5.41, 5.74) is 1.41. The van der Waals surface area contributed by atoms with Gasteiger partial charge >= 0.3 is 0 Å². The standard InChI is InChI=1S/C19H27N.ClH/c1-2-4-14(5-3-1)13-20-7-6-19-17-9-15-8-16(11-17)12-18(19)10-15;/h1-5,15-20H,6-13H2;1H. The molecule has 1 aromatic rings. The van der Waals surface area contributed by atoms with Crippen LogP contribution in [-0.2, 0) is 6.54 Å². The Balaban J connectivity index is 0.00000132. The summed E-state index contributed by atoms with van der Waals surface area (Å²) >= 11 is 0. The van der Waals surface area contributed by atoms with Gasteiger partial charge in [-0.15, -0.1) is 12.4 Å². The van der Waals surface area contributed by atoms with Crippen molar-refractivity contribution in [3.63, 3.8) is 0 Å². The van der Waals surface area contributed by atoms with Gasteiger partial charge in [-0.1, -0.05) is 30.3 Å². The van der Waals surface area contributed by atoms with E-state index in [1.54, 1.807) is 32.1 Å². The number of rotatable bonds is 5. The van der Waals surface area contributed by atoms with E-state index >= 15 is 0 Å². The fraction of sp³-hybridized carbons (Fsp3) is 0.684. The van der Waals surface area contributed by atoms with Gasteiger partial charge in [0.1, 0.15) is 0 Å². The molecule has 1 aromatic carbocycles. The zero-order valence-electron chi connectivity index (χ0n) is 12.8. The number of nitrogens with one attached hydrogen (secondary N) is 1. The predicted molar refractivity (Wildman–Crippen MR) is 90.5 cm³/mol. The molecular formula is C19H28ClN. The van der Waals surface area contributed by atoms with Crippen LogP contribution >= 0.6 is 12.4 Å². The molecule has 4 aliphatic carbocycles. The highest BCUT2D eigenvalue weighted by molar-refractivity contribution is 5.85. The summed E-state index contributed by atoms with van der Waals surface area (Å²) < 4.78 is 0. The Labute approximate surface area is 135 Å². The molecule has 4 fully saturated rings. The minimum Gasteiger partial charge on any atom is -0.313 e. The van der Waals surface area contributed by atoms with Crippen molar-refractivity contribution >= 4 is 12.4 Å². The van der Waals surface area contributed by atoms with Crippen LogP contribution < -0.4 is 5.32 Å².